The van der Waals surface area contributed by atoms with Gasteiger partial charge < -0.3 is 0 Å². The van der Waals surface area contributed by atoms with E-state index in [0.29, 0.717) is 4.77 Å². The summed E-state index contributed by atoms with van der Waals surface area (Å²) in [5.74, 6) is 1.53. The SMILES string of the molecule is CC1CCCCC1Cn1[nH]nnc1=S. The summed E-state index contributed by atoms with van der Waals surface area (Å²) >= 11 is 5.05. The van der Waals surface area contributed by atoms with Crippen LogP contribution in [0.25, 0.3) is 0 Å². The topological polar surface area (TPSA) is 46.5 Å². The Labute approximate surface area is 88.7 Å². The molecule has 2 atom stereocenters. The van der Waals surface area contributed by atoms with E-state index in [9.17, 15) is 0 Å². The van der Waals surface area contributed by atoms with Gasteiger partial charge in [0.05, 0.1) is 0 Å². The second-order valence-electron chi connectivity index (χ2n) is 4.22. The number of rotatable bonds is 2. The quantitative estimate of drug-likeness (QED) is 0.764. The molecular formula is C9H16N4S. The first-order chi connectivity index (χ1) is 6.77. The Kier molecular flexibility index (Phi) is 2.96. The molecule has 0 aliphatic heterocycles. The van der Waals surface area contributed by atoms with Gasteiger partial charge >= 0.3 is 0 Å². The molecule has 5 heteroatoms. The van der Waals surface area contributed by atoms with E-state index in [-0.39, 0.29) is 0 Å². The molecule has 1 N–H and O–H groups in total. The second kappa shape index (κ2) is 4.21. The predicted molar refractivity (Wildman–Crippen MR) is 56.3 cm³/mol. The number of nitrogens with zero attached hydrogens (tertiary/aromatic N) is 3. The molecule has 0 radical (unpaired) electrons. The van der Waals surface area contributed by atoms with Gasteiger partial charge in [0, 0.05) is 6.54 Å². The first-order valence-electron chi connectivity index (χ1n) is 5.25. The van der Waals surface area contributed by atoms with E-state index >= 15 is 0 Å². The number of aromatic amines is 1. The van der Waals surface area contributed by atoms with E-state index in [2.05, 4.69) is 22.4 Å². The van der Waals surface area contributed by atoms with E-state index in [0.717, 1.165) is 18.4 Å². The normalized spacial score (nSPS) is 27.8. The van der Waals surface area contributed by atoms with E-state index in [1.54, 1.807) is 0 Å². The third-order valence-corrected chi connectivity index (χ3v) is 3.54. The molecule has 1 saturated carbocycles. The van der Waals surface area contributed by atoms with Gasteiger partial charge in [-0.1, -0.05) is 36.5 Å². The Balaban J connectivity index is 2.03. The van der Waals surface area contributed by atoms with Crippen LogP contribution in [0.2, 0.25) is 0 Å². The number of hydrogen-bond donors (Lipinski definition) is 1. The second-order valence-corrected chi connectivity index (χ2v) is 4.58. The van der Waals surface area contributed by atoms with Crippen LogP contribution >= 0.6 is 12.2 Å². The van der Waals surface area contributed by atoms with Gasteiger partial charge in [-0.15, -0.1) is 0 Å². The maximum absolute atomic E-state index is 5.05. The van der Waals surface area contributed by atoms with Gasteiger partial charge in [0.1, 0.15) is 0 Å². The lowest BCUT2D eigenvalue weighted by atomic mass is 9.80. The van der Waals surface area contributed by atoms with Gasteiger partial charge in [-0.25, -0.2) is 4.68 Å². The lowest BCUT2D eigenvalue weighted by Crippen LogP contribution is -2.22. The van der Waals surface area contributed by atoms with Crippen molar-refractivity contribution >= 4 is 12.2 Å². The van der Waals surface area contributed by atoms with Gasteiger partial charge in [-0.3, -0.25) is 0 Å². The molecule has 1 aromatic rings. The van der Waals surface area contributed by atoms with Crippen LogP contribution in [-0.4, -0.2) is 20.2 Å². The van der Waals surface area contributed by atoms with Crippen LogP contribution < -0.4 is 0 Å². The largest absolute Gasteiger partial charge is 0.242 e. The molecule has 0 bridgehead atoms. The fraction of sp³-hybridized carbons (Fsp3) is 0.889. The van der Waals surface area contributed by atoms with Crippen LogP contribution in [0.1, 0.15) is 32.6 Å². The molecule has 2 rings (SSSR count). The number of H-pyrrole nitrogens is 1. The first kappa shape index (κ1) is 9.83. The summed E-state index contributed by atoms with van der Waals surface area (Å²) in [5, 5.41) is 10.3. The standard InChI is InChI=1S/C9H16N4S/c1-7-4-2-3-5-8(7)6-13-9(14)10-11-12-13/h7-8H,2-6H2,1H3,(H,10,12,14). The average Bonchev–Trinajstić information content (AvgIpc) is 2.56. The van der Waals surface area contributed by atoms with Crippen molar-refractivity contribution in [2.75, 3.05) is 0 Å². The Hall–Kier alpha value is -0.710. The van der Waals surface area contributed by atoms with E-state index < -0.39 is 0 Å². The highest BCUT2D eigenvalue weighted by Gasteiger charge is 2.21. The third-order valence-electron chi connectivity index (χ3n) is 3.24. The minimum Gasteiger partial charge on any atom is -0.242 e. The Morgan fingerprint density at radius 1 is 1.50 bits per heavy atom. The maximum atomic E-state index is 5.05. The molecule has 2 unspecified atom stereocenters. The molecule has 1 fully saturated rings. The van der Waals surface area contributed by atoms with Crippen LogP contribution in [0.4, 0.5) is 0 Å². The minimum absolute atomic E-state index is 0.572. The van der Waals surface area contributed by atoms with Crippen molar-refractivity contribution in [3.63, 3.8) is 0 Å². The highest BCUT2D eigenvalue weighted by Crippen LogP contribution is 2.30. The number of tetrazole rings is 1. The zero-order valence-corrected chi connectivity index (χ0v) is 9.26. The van der Waals surface area contributed by atoms with Crippen LogP contribution in [0.15, 0.2) is 0 Å². The number of hydrogen-bond acceptors (Lipinski definition) is 3. The van der Waals surface area contributed by atoms with Crippen LogP contribution in [0.5, 0.6) is 0 Å². The third kappa shape index (κ3) is 2.03. The Morgan fingerprint density at radius 3 is 2.93 bits per heavy atom. The molecule has 0 aromatic carbocycles. The predicted octanol–water partition coefficient (Wildman–Crippen LogP) is 2.16. The minimum atomic E-state index is 0.572. The molecule has 1 heterocycles. The summed E-state index contributed by atoms with van der Waals surface area (Å²) in [6.45, 7) is 3.28. The zero-order chi connectivity index (χ0) is 9.97. The molecule has 4 nitrogen and oxygen atoms in total. The molecule has 1 aliphatic rings. The smallest absolute Gasteiger partial charge is 0.238 e. The van der Waals surface area contributed by atoms with Crippen molar-refractivity contribution in [2.45, 2.75) is 39.2 Å². The van der Waals surface area contributed by atoms with Gasteiger partial charge in [0.2, 0.25) is 4.77 Å². The zero-order valence-electron chi connectivity index (χ0n) is 8.44. The molecule has 78 valence electrons. The van der Waals surface area contributed by atoms with E-state index in [4.69, 9.17) is 12.2 Å². The Morgan fingerprint density at radius 2 is 2.29 bits per heavy atom. The highest BCUT2D eigenvalue weighted by molar-refractivity contribution is 7.71. The van der Waals surface area contributed by atoms with Crippen molar-refractivity contribution < 1.29 is 0 Å². The summed E-state index contributed by atoms with van der Waals surface area (Å²) in [7, 11) is 0. The summed E-state index contributed by atoms with van der Waals surface area (Å²) in [4.78, 5) is 0. The fourth-order valence-electron chi connectivity index (χ4n) is 2.23. The number of nitrogens with one attached hydrogen (secondary N) is 1. The molecule has 1 aromatic heterocycles. The summed E-state index contributed by atoms with van der Waals surface area (Å²) < 4.78 is 2.45. The van der Waals surface area contributed by atoms with Gasteiger partial charge in [-0.2, -0.15) is 5.21 Å². The van der Waals surface area contributed by atoms with Gasteiger partial charge in [-0.05, 0) is 30.5 Å². The first-order valence-corrected chi connectivity index (χ1v) is 5.66. The molecule has 0 saturated heterocycles. The molecule has 0 amide bonds. The van der Waals surface area contributed by atoms with E-state index in [1.807, 2.05) is 4.68 Å². The average molecular weight is 212 g/mol. The molecule has 14 heavy (non-hydrogen) atoms. The van der Waals surface area contributed by atoms with Crippen molar-refractivity contribution in [3.05, 3.63) is 4.77 Å². The van der Waals surface area contributed by atoms with Crippen molar-refractivity contribution in [2.24, 2.45) is 11.8 Å². The Bertz CT molecular complexity index is 343. The monoisotopic (exact) mass is 212 g/mol. The molecule has 0 spiro atoms. The summed E-state index contributed by atoms with van der Waals surface area (Å²) in [5.41, 5.74) is 0. The lowest BCUT2D eigenvalue weighted by molar-refractivity contribution is 0.219. The highest BCUT2D eigenvalue weighted by atomic mass is 32.1. The lowest BCUT2D eigenvalue weighted by Gasteiger charge is -2.28. The van der Waals surface area contributed by atoms with Crippen LogP contribution in [0.3, 0.4) is 0 Å². The van der Waals surface area contributed by atoms with E-state index in [1.165, 1.54) is 25.7 Å². The number of aromatic nitrogens is 4. The fourth-order valence-corrected chi connectivity index (χ4v) is 2.39. The summed E-state index contributed by atoms with van der Waals surface area (Å²) in [6.07, 6.45) is 5.38. The molecule has 1 aliphatic carbocycles. The molecular weight excluding hydrogens is 196 g/mol. The van der Waals surface area contributed by atoms with Crippen molar-refractivity contribution in [1.82, 2.24) is 20.2 Å². The van der Waals surface area contributed by atoms with Crippen molar-refractivity contribution in [1.29, 1.82) is 0 Å². The van der Waals surface area contributed by atoms with Crippen LogP contribution in [0, 0.1) is 16.6 Å². The van der Waals surface area contributed by atoms with Crippen LogP contribution in [-0.2, 0) is 6.54 Å². The van der Waals surface area contributed by atoms with Crippen molar-refractivity contribution in [3.8, 4) is 0 Å². The van der Waals surface area contributed by atoms with Gasteiger partial charge in [0.25, 0.3) is 0 Å². The van der Waals surface area contributed by atoms with Gasteiger partial charge in [0.15, 0.2) is 0 Å². The summed E-state index contributed by atoms with van der Waals surface area (Å²) in [6, 6.07) is 0. The maximum Gasteiger partial charge on any atom is 0.238 e.